The van der Waals surface area contributed by atoms with Crippen molar-refractivity contribution in [3.8, 4) is 73.5 Å². The second-order valence-electron chi connectivity index (χ2n) is 38.9. The van der Waals surface area contributed by atoms with E-state index in [1.165, 1.54) is 180 Å². The second-order valence-corrected chi connectivity index (χ2v) is 40.0. The van der Waals surface area contributed by atoms with Gasteiger partial charge >= 0.3 is 0 Å². The number of thiophene rings is 1. The molecule has 1 N–H and O–H groups in total. The number of carbonyl (C=O) groups is 1. The molecular formula is C115H117IrN10O3S+. The first-order chi connectivity index (χ1) is 61.8. The number of aliphatic hydroxyl groups is 1. The molecule has 11 aromatic carbocycles. The molecule has 130 heavy (non-hydrogen) atoms. The molecule has 17 aromatic rings. The van der Waals surface area contributed by atoms with Gasteiger partial charge in [0, 0.05) is 124 Å². The minimum Gasteiger partial charge on any atom is -0.661 e. The number of ketones is 1. The molecule has 0 amide bonds. The van der Waals surface area contributed by atoms with Crippen molar-refractivity contribution < 1.29 is 48.1 Å². The van der Waals surface area contributed by atoms with Gasteiger partial charge in [-0.25, -0.2) is 13.7 Å². The number of benzene rings is 11. The molecule has 5 aliphatic heterocycles. The number of imidazole rings is 3. The van der Waals surface area contributed by atoms with E-state index in [0.717, 1.165) is 65.1 Å². The van der Waals surface area contributed by atoms with Gasteiger partial charge in [-0.2, -0.15) is 25.8 Å². The van der Waals surface area contributed by atoms with Crippen molar-refractivity contribution in [2.75, 3.05) is 4.90 Å². The topological polar surface area (TPSA) is 119 Å². The van der Waals surface area contributed by atoms with Crippen LogP contribution in [0.5, 0.6) is 0 Å². The number of hydrogen-bond donors (Lipinski definition) is 1. The number of aromatic nitrogens is 7. The number of aryl methyl sites for hydroxylation is 2. The summed E-state index contributed by atoms with van der Waals surface area (Å²) in [5.41, 5.74) is 32.5. The van der Waals surface area contributed by atoms with Gasteiger partial charge in [-0.05, 0) is 157 Å². The van der Waals surface area contributed by atoms with Crippen LogP contribution >= 0.6 is 11.3 Å². The standard InChI is InChI=1S/C31H27N2.C28H27N2O.C28H27N2S.C23H28N4.C5H8O2.Ir/c1-22(2)26-19-28(23-11-5-3-6-12-23)30(29(20-26)24-13-7-4-8-14-24)33-18-17-32-21-25-15-9-10-16-27(25)31(32)33;2*1-17(2)20-9-7-10-21(18(3)4)27(20)30-13-12-29-16-19-14-26-24(15-23(19)28(29)30)22-8-5-6-11-25(22)31-26;1-13-11-16-17(12-14(13)2)27-20(24-16)15-9-10-18(22(3,4)5)25-19(15)26-21(27)23(6,7)8;1-4(6)3-5(2)7;/h3-20,22H,21H2,1-2H3;2*5-15,17-18H,16H2,1-4H3;10-12,20H,1-8H3;3,6H,1-2H3;/q3*+1;-2;;. The Kier molecular flexibility index (Phi) is 24.5. The number of para-hydroxylation sites is 3. The molecule has 1 atom stereocenters. The molecule has 22 rings (SSSR count). The van der Waals surface area contributed by atoms with Gasteiger partial charge in [0.1, 0.15) is 90.9 Å². The third-order valence-corrected chi connectivity index (χ3v) is 26.9. The van der Waals surface area contributed by atoms with Crippen LogP contribution in [0, 0.1) is 25.3 Å². The van der Waals surface area contributed by atoms with Crippen molar-refractivity contribution in [1.82, 2.24) is 18.7 Å². The van der Waals surface area contributed by atoms with Crippen molar-refractivity contribution in [3.63, 3.8) is 0 Å². The monoisotopic (exact) mass is 1910 g/mol. The van der Waals surface area contributed by atoms with Gasteiger partial charge in [-0.15, -0.1) is 22.6 Å². The number of carbonyl (C=O) groups excluding carboxylic acids is 1. The van der Waals surface area contributed by atoms with Gasteiger partial charge in [0.25, 0.3) is 17.5 Å². The molecule has 0 fully saturated rings. The minimum atomic E-state index is -0.135. The molecule has 1 radical (unpaired) electrons. The van der Waals surface area contributed by atoms with Crippen LogP contribution in [-0.4, -0.2) is 35.4 Å². The van der Waals surface area contributed by atoms with Crippen LogP contribution in [-0.2, 0) is 49.9 Å². The van der Waals surface area contributed by atoms with Crippen LogP contribution in [0.4, 0.5) is 17.2 Å². The Morgan fingerprint density at radius 2 is 0.977 bits per heavy atom. The number of allylic oxidation sites excluding steroid dienone is 2. The van der Waals surface area contributed by atoms with Crippen molar-refractivity contribution in [3.05, 3.63) is 352 Å². The number of hydrogen-bond acceptors (Lipinski definition) is 7. The second kappa shape index (κ2) is 35.7. The van der Waals surface area contributed by atoms with E-state index in [2.05, 4.69) is 413 Å². The average molecular weight is 1910 g/mol. The van der Waals surface area contributed by atoms with Crippen LogP contribution in [0.2, 0.25) is 0 Å². The Bertz CT molecular complexity index is 6950. The SMILES string of the molecule is CC(=O)C=C(C)O.CC(C)c1cc(-c2ccccc2)c(-n2cc[n+]3c2-c2ccccc2C3)c(-c2ccccc2)c1.CC(C)c1cccc(C(C)C)c1-n1cc[n+]2c1-c1cc3c(cc1C2)oc1ccccc13.CC(C)c1cccc(C(C)C)c1-n1cc[n+]2c1-c1cc3c(cc1C2)sc1ccccc13.Cc1cc2c(cc1C)N1C(C(C)(C)C)=Nc3nc(C(C)(C)C)c[c-]c3C1[N-]2.[Ir]. The van der Waals surface area contributed by atoms with Crippen LogP contribution < -0.4 is 18.6 Å². The predicted molar refractivity (Wildman–Crippen MR) is 533 cm³/mol. The number of fused-ring (bicyclic) bond motifs is 20. The summed E-state index contributed by atoms with van der Waals surface area (Å²) < 4.78 is 23.3. The zero-order chi connectivity index (χ0) is 90.5. The first-order valence-electron chi connectivity index (χ1n) is 45.7. The van der Waals surface area contributed by atoms with Crippen molar-refractivity contribution in [1.29, 1.82) is 0 Å². The summed E-state index contributed by atoms with van der Waals surface area (Å²) in [5, 5.41) is 18.5. The molecule has 11 heterocycles. The molecule has 13 nitrogen and oxygen atoms in total. The van der Waals surface area contributed by atoms with E-state index < -0.39 is 0 Å². The van der Waals surface area contributed by atoms with Gasteiger partial charge in [0.15, 0.2) is 5.78 Å². The van der Waals surface area contributed by atoms with Gasteiger partial charge in [0.05, 0.1) is 22.4 Å². The summed E-state index contributed by atoms with van der Waals surface area (Å²) in [6.07, 6.45) is 14.5. The molecule has 0 aliphatic carbocycles. The van der Waals surface area contributed by atoms with Gasteiger partial charge < -0.3 is 24.7 Å². The Morgan fingerprint density at radius 3 is 1.50 bits per heavy atom. The number of nitrogens with zero attached hydrogens (tertiary/aromatic N) is 10. The van der Waals surface area contributed by atoms with E-state index in [1.54, 1.807) is 0 Å². The zero-order valence-corrected chi connectivity index (χ0v) is 81.7. The van der Waals surface area contributed by atoms with Gasteiger partial charge in [0.2, 0.25) is 0 Å². The fourth-order valence-electron chi connectivity index (χ4n) is 19.2. The minimum absolute atomic E-state index is 0. The van der Waals surface area contributed by atoms with E-state index in [4.69, 9.17) is 24.8 Å². The fourth-order valence-corrected chi connectivity index (χ4v) is 20.3. The van der Waals surface area contributed by atoms with E-state index in [9.17, 15) is 4.79 Å². The van der Waals surface area contributed by atoms with Crippen molar-refractivity contribution in [2.45, 2.75) is 199 Å². The predicted octanol–water partition coefficient (Wildman–Crippen LogP) is 29.0. The molecule has 5 aliphatic rings. The largest absolute Gasteiger partial charge is 0.661 e. The average Bonchev–Trinajstić information content (AvgIpc) is 1.58. The summed E-state index contributed by atoms with van der Waals surface area (Å²) >= 11 is 1.91. The van der Waals surface area contributed by atoms with E-state index >= 15 is 0 Å². The summed E-state index contributed by atoms with van der Waals surface area (Å²) in [6.45, 7) is 45.9. The number of aliphatic hydroxyl groups excluding tert-OH is 1. The summed E-state index contributed by atoms with van der Waals surface area (Å²) in [6, 6.07) is 85.2. The van der Waals surface area contributed by atoms with Crippen molar-refractivity contribution in [2.24, 2.45) is 10.4 Å². The Morgan fingerprint density at radius 1 is 0.492 bits per heavy atom. The maximum absolute atomic E-state index is 10.0. The van der Waals surface area contributed by atoms with Crippen LogP contribution in [0.15, 0.2) is 283 Å². The maximum Gasteiger partial charge on any atom is 0.294 e. The molecule has 15 heteroatoms. The third kappa shape index (κ3) is 16.7. The number of amidine groups is 1. The molecule has 0 saturated carbocycles. The molecule has 0 saturated heterocycles. The third-order valence-electron chi connectivity index (χ3n) is 25.8. The maximum atomic E-state index is 10.0. The summed E-state index contributed by atoms with van der Waals surface area (Å²) in [5.74, 6) is 7.83. The zero-order valence-electron chi connectivity index (χ0n) is 78.5. The number of anilines is 1. The fraction of sp³-hybridized carbons (Fsp3) is 0.270. The van der Waals surface area contributed by atoms with Crippen LogP contribution in [0.25, 0.3) is 121 Å². The Labute approximate surface area is 783 Å². The van der Waals surface area contributed by atoms with Crippen molar-refractivity contribution >= 4 is 82.3 Å². The quantitative estimate of drug-likeness (QED) is 0.0599. The van der Waals surface area contributed by atoms with Crippen LogP contribution in [0.3, 0.4) is 0 Å². The number of pyridine rings is 1. The van der Waals surface area contributed by atoms with E-state index in [-0.39, 0.29) is 48.6 Å². The molecule has 0 bridgehead atoms. The Hall–Kier alpha value is -12.7. The first-order valence-corrected chi connectivity index (χ1v) is 46.5. The molecule has 6 aromatic heterocycles. The number of furan rings is 1. The molecule has 659 valence electrons. The van der Waals surface area contributed by atoms with Gasteiger partial charge in [-0.3, -0.25) is 9.79 Å². The summed E-state index contributed by atoms with van der Waals surface area (Å²) in [7, 11) is 0. The van der Waals surface area contributed by atoms with Gasteiger partial charge in [-0.1, -0.05) is 274 Å². The van der Waals surface area contributed by atoms with E-state index in [0.29, 0.717) is 29.6 Å². The number of aliphatic imine (C=N–C) groups is 1. The summed E-state index contributed by atoms with van der Waals surface area (Å²) in [4.78, 5) is 22.2. The molecular weight excluding hydrogens is 1790 g/mol. The molecule has 1 unspecified atom stereocenters. The first kappa shape index (κ1) is 89.3. The van der Waals surface area contributed by atoms with Crippen LogP contribution in [0.1, 0.15) is 227 Å². The molecule has 0 spiro atoms. The normalized spacial score (nSPS) is 13.7. The van der Waals surface area contributed by atoms with E-state index in [1.807, 2.05) is 23.5 Å². The Balaban J connectivity index is 0.000000118. The smallest absolute Gasteiger partial charge is 0.294 e. The number of rotatable bonds is 11.